The average molecular weight is 214 g/mol. The summed E-state index contributed by atoms with van der Waals surface area (Å²) in [6, 6.07) is 0.383. The zero-order valence-electron chi connectivity index (χ0n) is 9.58. The summed E-state index contributed by atoms with van der Waals surface area (Å²) in [6.45, 7) is 4.77. The molecular formula is C11H22N2O2. The molecule has 1 amide bonds. The molecule has 1 rings (SSSR count). The van der Waals surface area contributed by atoms with Crippen LogP contribution in [0, 0.1) is 0 Å². The monoisotopic (exact) mass is 214 g/mol. The first kappa shape index (κ1) is 12.5. The Labute approximate surface area is 91.8 Å². The Hall–Kier alpha value is -0.610. The summed E-state index contributed by atoms with van der Waals surface area (Å²) in [5.74, 6) is 0.180. The molecule has 0 radical (unpaired) electrons. The Bertz CT molecular complexity index is 191. The molecule has 2 N–H and O–H groups in total. The van der Waals surface area contributed by atoms with E-state index in [4.69, 9.17) is 10.5 Å². The Kier molecular flexibility index (Phi) is 5.65. The van der Waals surface area contributed by atoms with Gasteiger partial charge in [-0.3, -0.25) is 4.79 Å². The van der Waals surface area contributed by atoms with Crippen LogP contribution in [0.4, 0.5) is 0 Å². The zero-order valence-corrected chi connectivity index (χ0v) is 9.58. The maximum atomic E-state index is 11.5. The van der Waals surface area contributed by atoms with E-state index in [1.54, 1.807) is 6.92 Å². The number of hydrogen-bond acceptors (Lipinski definition) is 3. The topological polar surface area (TPSA) is 55.6 Å². The number of nitrogens with zero attached hydrogens (tertiary/aromatic N) is 1. The smallest absolute Gasteiger partial charge is 0.219 e. The molecule has 88 valence electrons. The van der Waals surface area contributed by atoms with Gasteiger partial charge in [0.2, 0.25) is 5.91 Å². The summed E-state index contributed by atoms with van der Waals surface area (Å²) in [4.78, 5) is 13.5. The maximum absolute atomic E-state index is 11.5. The maximum Gasteiger partial charge on any atom is 0.219 e. The highest BCUT2D eigenvalue weighted by atomic mass is 16.5. The number of nitrogens with two attached hydrogens (primary N) is 1. The molecular weight excluding hydrogens is 192 g/mol. The molecule has 0 aromatic carbocycles. The second-order valence-electron chi connectivity index (χ2n) is 4.05. The third kappa shape index (κ3) is 4.18. The first-order chi connectivity index (χ1) is 7.25. The molecule has 4 heteroatoms. The van der Waals surface area contributed by atoms with Gasteiger partial charge in [-0.05, 0) is 32.2 Å². The highest BCUT2D eigenvalue weighted by molar-refractivity contribution is 5.73. The van der Waals surface area contributed by atoms with Gasteiger partial charge in [-0.2, -0.15) is 0 Å². The number of hydrogen-bond donors (Lipinski definition) is 1. The molecule has 0 unspecified atom stereocenters. The van der Waals surface area contributed by atoms with Gasteiger partial charge in [0.05, 0.1) is 0 Å². The quantitative estimate of drug-likeness (QED) is 0.687. The van der Waals surface area contributed by atoms with Crippen LogP contribution in [0.25, 0.3) is 0 Å². The Morgan fingerprint density at radius 3 is 2.60 bits per heavy atom. The van der Waals surface area contributed by atoms with E-state index in [9.17, 15) is 4.79 Å². The number of ether oxygens (including phenoxy) is 1. The van der Waals surface area contributed by atoms with Crippen LogP contribution in [0.2, 0.25) is 0 Å². The standard InChI is InChI=1S/C11H22N2O2/c1-10(14)13(7-3-2-6-12)11-4-8-15-9-5-11/h11H,2-9,12H2,1H3. The summed E-state index contributed by atoms with van der Waals surface area (Å²) in [7, 11) is 0. The third-order valence-corrected chi connectivity index (χ3v) is 2.89. The molecule has 0 saturated carbocycles. The number of rotatable bonds is 5. The van der Waals surface area contributed by atoms with Crippen molar-refractivity contribution in [3.63, 3.8) is 0 Å². The number of carbonyl (C=O) groups excluding carboxylic acids is 1. The molecule has 0 aromatic heterocycles. The number of carbonyl (C=O) groups is 1. The second-order valence-corrected chi connectivity index (χ2v) is 4.05. The van der Waals surface area contributed by atoms with E-state index in [0.29, 0.717) is 12.6 Å². The summed E-state index contributed by atoms with van der Waals surface area (Å²) < 4.78 is 5.30. The fourth-order valence-corrected chi connectivity index (χ4v) is 2.02. The highest BCUT2D eigenvalue weighted by Gasteiger charge is 2.22. The lowest BCUT2D eigenvalue weighted by Crippen LogP contribution is -2.42. The molecule has 1 aliphatic rings. The van der Waals surface area contributed by atoms with Gasteiger partial charge in [-0.1, -0.05) is 0 Å². The first-order valence-electron chi connectivity index (χ1n) is 5.80. The largest absolute Gasteiger partial charge is 0.381 e. The summed E-state index contributed by atoms with van der Waals surface area (Å²) in [5, 5.41) is 0. The van der Waals surface area contributed by atoms with Crippen LogP contribution in [0.3, 0.4) is 0 Å². The third-order valence-electron chi connectivity index (χ3n) is 2.89. The predicted octanol–water partition coefficient (Wildman–Crippen LogP) is 0.753. The van der Waals surface area contributed by atoms with Gasteiger partial charge in [0.1, 0.15) is 0 Å². The lowest BCUT2D eigenvalue weighted by Gasteiger charge is -2.33. The van der Waals surface area contributed by atoms with E-state index < -0.39 is 0 Å². The van der Waals surface area contributed by atoms with Crippen molar-refractivity contribution in [2.45, 2.75) is 38.6 Å². The molecule has 1 aliphatic heterocycles. The molecule has 1 fully saturated rings. The molecule has 1 saturated heterocycles. The Balaban J connectivity index is 2.37. The Morgan fingerprint density at radius 1 is 1.40 bits per heavy atom. The lowest BCUT2D eigenvalue weighted by molar-refractivity contribution is -0.133. The van der Waals surface area contributed by atoms with Gasteiger partial charge in [0.25, 0.3) is 0 Å². The zero-order chi connectivity index (χ0) is 11.1. The van der Waals surface area contributed by atoms with Gasteiger partial charge < -0.3 is 15.4 Å². The van der Waals surface area contributed by atoms with E-state index >= 15 is 0 Å². The van der Waals surface area contributed by atoms with Crippen molar-refractivity contribution in [2.75, 3.05) is 26.3 Å². The molecule has 0 bridgehead atoms. The Morgan fingerprint density at radius 2 is 2.07 bits per heavy atom. The molecule has 0 atom stereocenters. The van der Waals surface area contributed by atoms with Crippen LogP contribution in [0.1, 0.15) is 32.6 Å². The SMILES string of the molecule is CC(=O)N(CCCCN)C1CCOCC1. The number of amides is 1. The van der Waals surface area contributed by atoms with Crippen LogP contribution in [0.15, 0.2) is 0 Å². The van der Waals surface area contributed by atoms with Crippen LogP contribution >= 0.6 is 0 Å². The molecule has 0 aromatic rings. The van der Waals surface area contributed by atoms with Gasteiger partial charge in [0.15, 0.2) is 0 Å². The van der Waals surface area contributed by atoms with Crippen molar-refractivity contribution in [2.24, 2.45) is 5.73 Å². The van der Waals surface area contributed by atoms with Crippen molar-refractivity contribution >= 4 is 5.91 Å². The number of unbranched alkanes of at least 4 members (excludes halogenated alkanes) is 1. The van der Waals surface area contributed by atoms with E-state index in [1.165, 1.54) is 0 Å². The minimum atomic E-state index is 0.180. The average Bonchev–Trinajstić information content (AvgIpc) is 2.25. The molecule has 0 spiro atoms. The summed E-state index contributed by atoms with van der Waals surface area (Å²) in [6.07, 6.45) is 3.95. The van der Waals surface area contributed by atoms with Gasteiger partial charge in [-0.15, -0.1) is 0 Å². The fourth-order valence-electron chi connectivity index (χ4n) is 2.02. The molecule has 0 aliphatic carbocycles. The van der Waals surface area contributed by atoms with Gasteiger partial charge in [0, 0.05) is 32.7 Å². The van der Waals surface area contributed by atoms with E-state index in [1.807, 2.05) is 4.90 Å². The summed E-state index contributed by atoms with van der Waals surface area (Å²) >= 11 is 0. The van der Waals surface area contributed by atoms with E-state index in [2.05, 4.69) is 0 Å². The van der Waals surface area contributed by atoms with Crippen LogP contribution < -0.4 is 5.73 Å². The minimum Gasteiger partial charge on any atom is -0.381 e. The van der Waals surface area contributed by atoms with Crippen LogP contribution in [0.5, 0.6) is 0 Å². The second kappa shape index (κ2) is 6.80. The van der Waals surface area contributed by atoms with Crippen LogP contribution in [-0.4, -0.2) is 43.2 Å². The molecule has 15 heavy (non-hydrogen) atoms. The first-order valence-corrected chi connectivity index (χ1v) is 5.80. The summed E-state index contributed by atoms with van der Waals surface area (Å²) in [5.41, 5.74) is 5.45. The molecule has 1 heterocycles. The van der Waals surface area contributed by atoms with Crippen molar-refractivity contribution in [1.29, 1.82) is 0 Å². The van der Waals surface area contributed by atoms with Gasteiger partial charge in [-0.25, -0.2) is 0 Å². The van der Waals surface area contributed by atoms with Crippen LogP contribution in [-0.2, 0) is 9.53 Å². The minimum absolute atomic E-state index is 0.180. The predicted molar refractivity (Wildman–Crippen MR) is 59.5 cm³/mol. The fraction of sp³-hybridized carbons (Fsp3) is 0.909. The van der Waals surface area contributed by atoms with E-state index in [0.717, 1.165) is 45.4 Å². The van der Waals surface area contributed by atoms with E-state index in [-0.39, 0.29) is 5.91 Å². The van der Waals surface area contributed by atoms with Crippen molar-refractivity contribution in [3.05, 3.63) is 0 Å². The normalized spacial score (nSPS) is 17.7. The molecule has 4 nitrogen and oxygen atoms in total. The van der Waals surface area contributed by atoms with Gasteiger partial charge >= 0.3 is 0 Å². The van der Waals surface area contributed by atoms with Crippen molar-refractivity contribution in [1.82, 2.24) is 4.90 Å². The van der Waals surface area contributed by atoms with Crippen molar-refractivity contribution in [3.8, 4) is 0 Å². The highest BCUT2D eigenvalue weighted by Crippen LogP contribution is 2.15. The lowest BCUT2D eigenvalue weighted by atomic mass is 10.1. The van der Waals surface area contributed by atoms with Crippen molar-refractivity contribution < 1.29 is 9.53 Å².